The molecule has 0 aromatic carbocycles. The third kappa shape index (κ3) is 1.10. The largest absolute Gasteiger partial charge is 0.320 e. The second kappa shape index (κ2) is 2.83. The van der Waals surface area contributed by atoms with Crippen LogP contribution in [0.15, 0.2) is 29.6 Å². The van der Waals surface area contributed by atoms with Crippen molar-refractivity contribution in [2.75, 3.05) is 6.26 Å². The second-order valence-electron chi connectivity index (χ2n) is 2.69. The van der Waals surface area contributed by atoms with Crippen molar-refractivity contribution in [2.24, 2.45) is 0 Å². The molecule has 0 aliphatic carbocycles. The molecular formula is C9H10N2S. The van der Waals surface area contributed by atoms with Gasteiger partial charge in [0.1, 0.15) is 5.03 Å². The zero-order chi connectivity index (χ0) is 8.55. The molecule has 0 aliphatic rings. The topological polar surface area (TPSA) is 17.3 Å². The van der Waals surface area contributed by atoms with E-state index in [1.54, 1.807) is 11.8 Å². The first-order valence-corrected chi connectivity index (χ1v) is 5.02. The number of nitrogens with zero attached hydrogens (tertiary/aromatic N) is 2. The van der Waals surface area contributed by atoms with Crippen LogP contribution in [0, 0.1) is 6.92 Å². The lowest BCUT2D eigenvalue weighted by Crippen LogP contribution is -1.91. The quantitative estimate of drug-likeness (QED) is 0.624. The molecule has 0 amide bonds. The number of thioether (sulfide) groups is 1. The molecule has 0 saturated carbocycles. The molecule has 2 aromatic rings. The Morgan fingerprint density at radius 1 is 1.50 bits per heavy atom. The van der Waals surface area contributed by atoms with Gasteiger partial charge in [-0.1, -0.05) is 0 Å². The minimum atomic E-state index is 1.06. The van der Waals surface area contributed by atoms with Crippen molar-refractivity contribution >= 4 is 17.3 Å². The van der Waals surface area contributed by atoms with Crippen LogP contribution >= 0.6 is 11.8 Å². The maximum Gasteiger partial charge on any atom is 0.120 e. The number of rotatable bonds is 1. The van der Waals surface area contributed by atoms with Crippen LogP contribution in [0.5, 0.6) is 0 Å². The Hall–Kier alpha value is -0.960. The molecular weight excluding hydrogens is 168 g/mol. The summed E-state index contributed by atoms with van der Waals surface area (Å²) in [5, 5.41) is 1.10. The highest BCUT2D eigenvalue weighted by atomic mass is 32.2. The van der Waals surface area contributed by atoms with E-state index < -0.39 is 0 Å². The van der Waals surface area contributed by atoms with Crippen molar-refractivity contribution < 1.29 is 0 Å². The van der Waals surface area contributed by atoms with Gasteiger partial charge < -0.3 is 4.40 Å². The van der Waals surface area contributed by atoms with E-state index in [1.165, 1.54) is 5.52 Å². The van der Waals surface area contributed by atoms with E-state index in [4.69, 9.17) is 0 Å². The first-order valence-electron chi connectivity index (χ1n) is 3.79. The second-order valence-corrected chi connectivity index (χ2v) is 3.49. The molecule has 0 saturated heterocycles. The number of fused-ring (bicyclic) bond motifs is 1. The predicted molar refractivity (Wildman–Crippen MR) is 51.7 cm³/mol. The summed E-state index contributed by atoms with van der Waals surface area (Å²) < 4.78 is 2.11. The van der Waals surface area contributed by atoms with Gasteiger partial charge in [0.05, 0.1) is 11.2 Å². The molecule has 0 aliphatic heterocycles. The highest BCUT2D eigenvalue weighted by molar-refractivity contribution is 7.98. The van der Waals surface area contributed by atoms with Gasteiger partial charge in [-0.3, -0.25) is 0 Å². The molecule has 0 spiro atoms. The van der Waals surface area contributed by atoms with E-state index in [0.717, 1.165) is 10.7 Å². The van der Waals surface area contributed by atoms with Crippen molar-refractivity contribution in [3.8, 4) is 0 Å². The van der Waals surface area contributed by atoms with Crippen LogP contribution in [-0.4, -0.2) is 15.6 Å². The number of aromatic nitrogens is 2. The van der Waals surface area contributed by atoms with Crippen molar-refractivity contribution in [3.63, 3.8) is 0 Å². The van der Waals surface area contributed by atoms with Gasteiger partial charge >= 0.3 is 0 Å². The molecule has 12 heavy (non-hydrogen) atoms. The number of hydrogen-bond donors (Lipinski definition) is 0. The van der Waals surface area contributed by atoms with Crippen LogP contribution in [0.2, 0.25) is 0 Å². The monoisotopic (exact) mass is 178 g/mol. The summed E-state index contributed by atoms with van der Waals surface area (Å²) in [5.41, 5.74) is 2.25. The first-order chi connectivity index (χ1) is 5.81. The van der Waals surface area contributed by atoms with Crippen LogP contribution in [0.1, 0.15) is 5.69 Å². The SMILES string of the molecule is CSc1nc(C)cn2cccc12. The van der Waals surface area contributed by atoms with Gasteiger partial charge in [0.2, 0.25) is 0 Å². The number of hydrogen-bond acceptors (Lipinski definition) is 2. The lowest BCUT2D eigenvalue weighted by Gasteiger charge is -2.01. The van der Waals surface area contributed by atoms with E-state index in [-0.39, 0.29) is 0 Å². The molecule has 0 N–H and O–H groups in total. The fourth-order valence-corrected chi connectivity index (χ4v) is 1.90. The van der Waals surface area contributed by atoms with E-state index in [1.807, 2.05) is 25.4 Å². The molecule has 3 heteroatoms. The summed E-state index contributed by atoms with van der Waals surface area (Å²) in [7, 11) is 0. The minimum Gasteiger partial charge on any atom is -0.320 e. The van der Waals surface area contributed by atoms with Gasteiger partial charge in [0.25, 0.3) is 0 Å². The van der Waals surface area contributed by atoms with E-state index in [2.05, 4.69) is 21.7 Å². The molecule has 0 bridgehead atoms. The molecule has 0 fully saturated rings. The summed E-state index contributed by atoms with van der Waals surface area (Å²) in [6.07, 6.45) is 6.13. The highest BCUT2D eigenvalue weighted by Crippen LogP contribution is 2.19. The van der Waals surface area contributed by atoms with Crippen molar-refractivity contribution in [1.82, 2.24) is 9.38 Å². The highest BCUT2D eigenvalue weighted by Gasteiger charge is 2.01. The average Bonchev–Trinajstić information content (AvgIpc) is 2.50. The number of aryl methyl sites for hydroxylation is 1. The summed E-state index contributed by atoms with van der Waals surface area (Å²) in [6, 6.07) is 4.12. The molecule has 0 atom stereocenters. The molecule has 0 radical (unpaired) electrons. The van der Waals surface area contributed by atoms with Gasteiger partial charge in [-0.2, -0.15) is 0 Å². The van der Waals surface area contributed by atoms with Crippen LogP contribution < -0.4 is 0 Å². The van der Waals surface area contributed by atoms with E-state index in [9.17, 15) is 0 Å². The Kier molecular flexibility index (Phi) is 1.81. The van der Waals surface area contributed by atoms with Gasteiger partial charge in [0.15, 0.2) is 0 Å². The Labute approximate surface area is 75.6 Å². The molecule has 0 unspecified atom stereocenters. The van der Waals surface area contributed by atoms with Crippen molar-refractivity contribution in [1.29, 1.82) is 0 Å². The van der Waals surface area contributed by atoms with Gasteiger partial charge in [-0.05, 0) is 25.3 Å². The van der Waals surface area contributed by atoms with Crippen LogP contribution in [0.25, 0.3) is 5.52 Å². The molecule has 2 aromatic heterocycles. The summed E-state index contributed by atoms with van der Waals surface area (Å²) >= 11 is 1.69. The van der Waals surface area contributed by atoms with Crippen LogP contribution in [-0.2, 0) is 0 Å². The van der Waals surface area contributed by atoms with Gasteiger partial charge in [-0.15, -0.1) is 11.8 Å². The lowest BCUT2D eigenvalue weighted by atomic mass is 10.5. The van der Waals surface area contributed by atoms with E-state index >= 15 is 0 Å². The van der Waals surface area contributed by atoms with Crippen LogP contribution in [0.4, 0.5) is 0 Å². The zero-order valence-electron chi connectivity index (χ0n) is 7.11. The first kappa shape index (κ1) is 7.68. The smallest absolute Gasteiger partial charge is 0.120 e. The molecule has 2 heterocycles. The summed E-state index contributed by atoms with van der Waals surface area (Å²) in [6.45, 7) is 2.01. The Morgan fingerprint density at radius 2 is 2.33 bits per heavy atom. The van der Waals surface area contributed by atoms with Gasteiger partial charge in [0, 0.05) is 12.4 Å². The lowest BCUT2D eigenvalue weighted by molar-refractivity contribution is 0.999. The maximum absolute atomic E-state index is 4.43. The zero-order valence-corrected chi connectivity index (χ0v) is 7.93. The van der Waals surface area contributed by atoms with Gasteiger partial charge in [-0.25, -0.2) is 4.98 Å². The fraction of sp³-hybridized carbons (Fsp3) is 0.222. The fourth-order valence-electron chi connectivity index (χ4n) is 1.29. The maximum atomic E-state index is 4.43. The molecule has 2 rings (SSSR count). The minimum absolute atomic E-state index is 1.06. The Bertz CT molecular complexity index is 406. The third-order valence-corrected chi connectivity index (χ3v) is 2.48. The van der Waals surface area contributed by atoms with Crippen molar-refractivity contribution in [3.05, 3.63) is 30.2 Å². The Balaban J connectivity index is 2.80. The molecule has 62 valence electrons. The third-order valence-electron chi connectivity index (χ3n) is 1.80. The summed E-state index contributed by atoms with van der Waals surface area (Å²) in [5.74, 6) is 0. The van der Waals surface area contributed by atoms with Crippen molar-refractivity contribution in [2.45, 2.75) is 11.9 Å². The normalized spacial score (nSPS) is 10.8. The van der Waals surface area contributed by atoms with E-state index in [0.29, 0.717) is 0 Å². The van der Waals surface area contributed by atoms with Crippen LogP contribution in [0.3, 0.4) is 0 Å². The average molecular weight is 178 g/mol. The standard InChI is InChI=1S/C9H10N2S/c1-7-6-11-5-3-4-8(11)9(10-7)12-2/h3-6H,1-2H3. The summed E-state index contributed by atoms with van der Waals surface area (Å²) in [4.78, 5) is 4.43. The molecule has 2 nitrogen and oxygen atoms in total. The Morgan fingerprint density at radius 3 is 3.08 bits per heavy atom. The predicted octanol–water partition coefficient (Wildman–Crippen LogP) is 2.36.